The summed E-state index contributed by atoms with van der Waals surface area (Å²) in [6, 6.07) is 3.99. The van der Waals surface area contributed by atoms with Crippen LogP contribution < -0.4 is 125 Å². The minimum absolute atomic E-state index is 0.00958. The van der Waals surface area contributed by atoms with Gasteiger partial charge >= 0.3 is 609 Å². The van der Waals surface area contributed by atoms with Gasteiger partial charge in [-0.1, -0.05) is 0 Å². The quantitative estimate of drug-likeness (QED) is 0.105. The van der Waals surface area contributed by atoms with E-state index in [0.717, 1.165) is 6.07 Å². The van der Waals surface area contributed by atoms with Gasteiger partial charge in [-0.05, 0) is 0 Å². The van der Waals surface area contributed by atoms with E-state index in [0.29, 0.717) is 22.3 Å². The molecule has 0 aromatic heterocycles. The van der Waals surface area contributed by atoms with E-state index in [-0.39, 0.29) is 226 Å². The summed E-state index contributed by atoms with van der Waals surface area (Å²) in [5.74, 6) is -3.66. The van der Waals surface area contributed by atoms with E-state index in [9.17, 15) is 0 Å². The first kappa shape index (κ1) is 70.5. The van der Waals surface area contributed by atoms with Crippen molar-refractivity contribution in [2.24, 2.45) is 11.8 Å². The van der Waals surface area contributed by atoms with Gasteiger partial charge in [-0.2, -0.15) is 0 Å². The van der Waals surface area contributed by atoms with Crippen molar-refractivity contribution in [1.82, 2.24) is 0 Å². The van der Waals surface area contributed by atoms with Crippen molar-refractivity contribution < 1.29 is 8.78 Å². The molecule has 0 saturated heterocycles. The Morgan fingerprint density at radius 2 is 0.928 bits per heavy atom. The second-order valence-electron chi connectivity index (χ2n) is 23.8. The van der Waals surface area contributed by atoms with Gasteiger partial charge in [0, 0.05) is 0 Å². The fourth-order valence-electron chi connectivity index (χ4n) is 13.4. The molecule has 35 heteroatoms. The predicted molar refractivity (Wildman–Crippen MR) is 433 cm³/mol. The monoisotopic (exact) mass is 1160 g/mol. The molecule has 2 unspecified atom stereocenters. The third-order valence-electron chi connectivity index (χ3n) is 18.6. The molecule has 2 aliphatic heterocycles. The third kappa shape index (κ3) is 10.7. The van der Waals surface area contributed by atoms with Gasteiger partial charge in [0.15, 0.2) is 0 Å². The summed E-state index contributed by atoms with van der Waals surface area (Å²) in [5, 5.41) is -0.522. The molecule has 0 fully saturated rings. The van der Waals surface area contributed by atoms with Crippen LogP contribution in [0.3, 0.4) is 0 Å². The van der Waals surface area contributed by atoms with E-state index >= 15 is 8.78 Å². The molecule has 2 atom stereocenters. The molecular formula is C62H13B31F2N2. The normalized spacial score (nSPS) is 16.9. The van der Waals surface area contributed by atoms with Crippen molar-refractivity contribution in [1.29, 1.82) is 0 Å². The van der Waals surface area contributed by atoms with Crippen LogP contribution in [0.2, 0.25) is 0 Å². The first-order valence-electron chi connectivity index (χ1n) is 29.1. The summed E-state index contributed by atoms with van der Waals surface area (Å²) in [6.07, 6.45) is 14.4. The summed E-state index contributed by atoms with van der Waals surface area (Å²) in [7, 11) is 194. The molecule has 2 heterocycles. The number of nitrogens with zero attached hydrogens (tertiary/aromatic N) is 2. The molecule has 0 saturated carbocycles. The van der Waals surface area contributed by atoms with Gasteiger partial charge in [0.25, 0.3) is 0 Å². The van der Waals surface area contributed by atoms with Crippen LogP contribution in [0.1, 0.15) is 5.56 Å². The van der Waals surface area contributed by atoms with Gasteiger partial charge in [-0.25, -0.2) is 0 Å². The fourth-order valence-corrected chi connectivity index (χ4v) is 13.4. The Labute approximate surface area is 604 Å². The molecule has 0 spiro atoms. The number of halogens is 2. The number of fused-ring (bicyclic) bond motifs is 2. The predicted octanol–water partition coefficient (Wildman–Crippen LogP) is -15.2. The summed E-state index contributed by atoms with van der Waals surface area (Å²) < 4.78 is 37.9. The Morgan fingerprint density at radius 3 is 1.48 bits per heavy atom. The summed E-state index contributed by atoms with van der Waals surface area (Å²) in [5.41, 5.74) is -3.73. The van der Waals surface area contributed by atoms with Crippen molar-refractivity contribution in [3.05, 3.63) is 161 Å². The van der Waals surface area contributed by atoms with Gasteiger partial charge in [0.1, 0.15) is 0 Å². The number of allylic oxidation sites excluding steroid dienone is 18. The average molecular weight is 1160 g/mol. The van der Waals surface area contributed by atoms with Gasteiger partial charge in [-0.3, -0.25) is 0 Å². The number of rotatable bonds is 9. The Kier molecular flexibility index (Phi) is 18.7. The minimum atomic E-state index is -1.13. The zero-order valence-electron chi connectivity index (χ0n) is 51.6. The van der Waals surface area contributed by atoms with Crippen LogP contribution in [0.15, 0.2) is 144 Å². The molecule has 6 aromatic carbocycles. The van der Waals surface area contributed by atoms with Crippen molar-refractivity contribution in [2.75, 3.05) is 9.80 Å². The zero-order chi connectivity index (χ0) is 70.8. The number of hydrogen-bond acceptors (Lipinski definition) is 2. The average Bonchev–Trinajstić information content (AvgIpc) is 1.69. The number of hydrogen-bond donors (Lipinski definition) is 0. The molecule has 378 valence electrons. The first-order valence-corrected chi connectivity index (χ1v) is 29.1. The molecule has 6 aliphatic rings. The number of benzene rings is 6. The van der Waals surface area contributed by atoms with Crippen molar-refractivity contribution in [3.63, 3.8) is 0 Å². The molecule has 12 rings (SSSR count). The molecule has 0 N–H and O–H groups in total. The molecule has 4 aliphatic carbocycles. The first-order chi connectivity index (χ1) is 45.6. The zero-order valence-corrected chi connectivity index (χ0v) is 51.6. The summed E-state index contributed by atoms with van der Waals surface area (Å²) in [4.78, 5) is 2.90. The van der Waals surface area contributed by atoms with Crippen LogP contribution >= 0.6 is 0 Å². The number of anilines is 3. The van der Waals surface area contributed by atoms with Crippen LogP contribution in [-0.4, -0.2) is 252 Å². The van der Waals surface area contributed by atoms with Crippen LogP contribution in [0.5, 0.6) is 0 Å². The third-order valence-corrected chi connectivity index (χ3v) is 18.6. The molecule has 58 radical (unpaired) electrons. The van der Waals surface area contributed by atoms with Crippen LogP contribution in [0, 0.1) is 23.5 Å². The Hall–Kier alpha value is -6.33. The Morgan fingerprint density at radius 1 is 0.443 bits per heavy atom. The second-order valence-corrected chi connectivity index (χ2v) is 23.8. The maximum absolute atomic E-state index is 19.0. The van der Waals surface area contributed by atoms with Crippen molar-refractivity contribution in [2.45, 2.75) is 0 Å². The van der Waals surface area contributed by atoms with E-state index < -0.39 is 34.3 Å². The summed E-state index contributed by atoms with van der Waals surface area (Å²) >= 11 is 0. The Balaban J connectivity index is 1.15. The molecule has 0 amide bonds. The van der Waals surface area contributed by atoms with Crippen LogP contribution in [0.25, 0.3) is 33.4 Å². The van der Waals surface area contributed by atoms with E-state index in [4.69, 9.17) is 227 Å². The maximum atomic E-state index is 19.0. The van der Waals surface area contributed by atoms with Gasteiger partial charge in [0.2, 0.25) is 0 Å². The van der Waals surface area contributed by atoms with Crippen LogP contribution in [0.4, 0.5) is 25.8 Å². The van der Waals surface area contributed by atoms with Crippen LogP contribution in [-0.2, 0) is 0 Å². The van der Waals surface area contributed by atoms with E-state index in [2.05, 4.69) is 0 Å². The molecule has 2 nitrogen and oxygen atoms in total. The van der Waals surface area contributed by atoms with E-state index in [1.165, 1.54) is 36.1 Å². The summed E-state index contributed by atoms with van der Waals surface area (Å²) in [6.45, 7) is 1.45. The Bertz CT molecular complexity index is 5080. The van der Waals surface area contributed by atoms with Crippen molar-refractivity contribution >= 4 is 384 Å². The molecule has 97 heavy (non-hydrogen) atoms. The van der Waals surface area contributed by atoms with Gasteiger partial charge < -0.3 is 0 Å². The molecular weight excluding hydrogens is 1150 g/mol. The molecule has 0 bridgehead atoms. The van der Waals surface area contributed by atoms with Gasteiger partial charge in [-0.15, -0.1) is 0 Å². The SMILES string of the molecule is [B]C([B])=C([B])/C([B])=C(/[B])C1=Bc2c([B])c([B])c([B])c([B])c2N(C2=C3C=CC4=CC=C(N(C5=C([B])C([B])=C([B])[B]C5=[B])c5c(F)cc(-c6c([B])c([B])c([B])c([B])c6[B])cc5-c5c([B])c([B])c([B])c([B])c5[B])C5=CC=C(C=C2)C3C45)c2c1cc(-c1c([B])c([B])c([B])c([B])c1[B])c([B])c2F. The standard InChI is InChI=1S/C62H13B31F2N2/c63-28-17(26-31(66)37(72)42(77)38(73)32(26)67)11-19-53(47(82)46(81)51(86)60(88)89)92-54-48(83)44(79)45(80)49(84)58(54)97(57(19)55(28)95)22-8-4-13-1-5-15-21(7-3-12-2-6-16(22)24(13)23(12)15)96(59-50(85)52(87)61(90)93-62(59)91)56-18(27-33(68)39(74)43(78)40(75)34(27)69)9-14(10-20(56)94)25-29(64)35(70)41(76)36(71)30(25)65/h1-11,23-24H/b47-46-. The molecule has 6 aromatic rings. The fraction of sp³-hybridized carbons (Fsp3) is 0.0323. The topological polar surface area (TPSA) is 6.48 Å². The van der Waals surface area contributed by atoms with Gasteiger partial charge in [0.05, 0.1) is 0 Å². The van der Waals surface area contributed by atoms with Crippen molar-refractivity contribution in [3.8, 4) is 33.4 Å². The van der Waals surface area contributed by atoms with E-state index in [1.54, 1.807) is 18.2 Å². The van der Waals surface area contributed by atoms with E-state index in [1.807, 2.05) is 30.4 Å². The second kappa shape index (κ2) is 25.7.